The summed E-state index contributed by atoms with van der Waals surface area (Å²) >= 11 is 3.56. The van der Waals surface area contributed by atoms with E-state index in [0.717, 1.165) is 18.4 Å². The molecule has 0 amide bonds. The van der Waals surface area contributed by atoms with Crippen molar-refractivity contribution in [2.75, 3.05) is 11.9 Å². The maximum atomic E-state index is 3.56. The smallest absolute Gasteiger partial charge is 0.0377 e. The van der Waals surface area contributed by atoms with Gasteiger partial charge in [-0.15, -0.1) is 0 Å². The van der Waals surface area contributed by atoms with Crippen LogP contribution >= 0.6 is 15.9 Å². The Morgan fingerprint density at radius 2 is 2.20 bits per heavy atom. The predicted octanol–water partition coefficient (Wildman–Crippen LogP) is 4.15. The zero-order chi connectivity index (χ0) is 10.3. The van der Waals surface area contributed by atoms with Gasteiger partial charge in [0.2, 0.25) is 0 Å². The summed E-state index contributed by atoms with van der Waals surface area (Å²) in [6, 6.07) is 6.61. The fourth-order valence-electron chi connectivity index (χ4n) is 2.72. The van der Waals surface area contributed by atoms with Crippen LogP contribution in [0.15, 0.2) is 22.7 Å². The van der Waals surface area contributed by atoms with Gasteiger partial charge in [0.1, 0.15) is 0 Å². The number of rotatable bonds is 2. The van der Waals surface area contributed by atoms with E-state index in [1.54, 1.807) is 0 Å². The average Bonchev–Trinajstić information content (AvgIpc) is 2.54. The molecule has 1 N–H and O–H groups in total. The number of nitrogens with one attached hydrogen (secondary N) is 1. The van der Waals surface area contributed by atoms with Gasteiger partial charge in [0.25, 0.3) is 0 Å². The highest BCUT2D eigenvalue weighted by Gasteiger charge is 2.27. The van der Waals surface area contributed by atoms with Crippen LogP contribution in [-0.4, -0.2) is 6.54 Å². The Morgan fingerprint density at radius 3 is 2.93 bits per heavy atom. The van der Waals surface area contributed by atoms with Crippen molar-refractivity contribution in [1.29, 1.82) is 0 Å². The minimum atomic E-state index is 0.753. The summed E-state index contributed by atoms with van der Waals surface area (Å²) in [5.74, 6) is 1.75. The molecule has 1 aromatic rings. The second-order valence-electron chi connectivity index (χ2n) is 4.84. The maximum absolute atomic E-state index is 3.56. The third-order valence-corrected chi connectivity index (χ3v) is 4.33. The summed E-state index contributed by atoms with van der Waals surface area (Å²) in [5, 5.41) is 3.51. The van der Waals surface area contributed by atoms with Crippen molar-refractivity contribution in [3.63, 3.8) is 0 Å². The minimum Gasteiger partial charge on any atom is -0.384 e. The van der Waals surface area contributed by atoms with Crippen LogP contribution < -0.4 is 5.32 Å². The molecule has 1 atom stereocenters. The van der Waals surface area contributed by atoms with Crippen molar-refractivity contribution < 1.29 is 0 Å². The van der Waals surface area contributed by atoms with Gasteiger partial charge in [-0.25, -0.2) is 0 Å². The molecule has 1 aliphatic heterocycles. The number of fused-ring (bicyclic) bond motifs is 1. The minimum absolute atomic E-state index is 0.753. The number of halogens is 1. The zero-order valence-electron chi connectivity index (χ0n) is 8.80. The molecule has 0 bridgehead atoms. The summed E-state index contributed by atoms with van der Waals surface area (Å²) in [4.78, 5) is 0. The van der Waals surface area contributed by atoms with Crippen molar-refractivity contribution in [2.24, 2.45) is 5.92 Å². The topological polar surface area (TPSA) is 12.0 Å². The lowest BCUT2D eigenvalue weighted by Gasteiger charge is -2.28. The number of hydrogen-bond acceptors (Lipinski definition) is 1. The van der Waals surface area contributed by atoms with Crippen molar-refractivity contribution >= 4 is 21.6 Å². The van der Waals surface area contributed by atoms with Crippen molar-refractivity contribution in [1.82, 2.24) is 0 Å². The first-order valence-corrected chi connectivity index (χ1v) is 6.65. The van der Waals surface area contributed by atoms with E-state index < -0.39 is 0 Å². The molecule has 0 spiro atoms. The SMILES string of the molecule is Brc1ccc2c(c1)C(CC1CCC1)CN2. The van der Waals surface area contributed by atoms with Gasteiger partial charge >= 0.3 is 0 Å². The third-order valence-electron chi connectivity index (χ3n) is 3.83. The lowest BCUT2D eigenvalue weighted by molar-refractivity contribution is 0.280. The van der Waals surface area contributed by atoms with Gasteiger partial charge in [0.15, 0.2) is 0 Å². The van der Waals surface area contributed by atoms with Crippen LogP contribution in [0.4, 0.5) is 5.69 Å². The van der Waals surface area contributed by atoms with Crippen LogP contribution in [0.3, 0.4) is 0 Å². The first-order chi connectivity index (χ1) is 7.33. The van der Waals surface area contributed by atoms with E-state index in [1.807, 2.05) is 0 Å². The van der Waals surface area contributed by atoms with Crippen molar-refractivity contribution in [2.45, 2.75) is 31.6 Å². The third kappa shape index (κ3) is 1.80. The molecule has 1 saturated carbocycles. The van der Waals surface area contributed by atoms with Gasteiger partial charge < -0.3 is 5.32 Å². The highest BCUT2D eigenvalue weighted by Crippen LogP contribution is 2.41. The molecule has 15 heavy (non-hydrogen) atoms. The lowest BCUT2D eigenvalue weighted by Crippen LogP contribution is -2.16. The Bertz CT molecular complexity index is 371. The van der Waals surface area contributed by atoms with Crippen LogP contribution in [0.25, 0.3) is 0 Å². The molecule has 2 heteroatoms. The second-order valence-corrected chi connectivity index (χ2v) is 5.76. The van der Waals surface area contributed by atoms with E-state index in [9.17, 15) is 0 Å². The summed E-state index contributed by atoms with van der Waals surface area (Å²) in [6.07, 6.45) is 5.76. The van der Waals surface area contributed by atoms with Crippen LogP contribution in [0, 0.1) is 5.92 Å². The number of anilines is 1. The second kappa shape index (κ2) is 3.82. The molecule has 80 valence electrons. The monoisotopic (exact) mass is 265 g/mol. The Labute approximate surface area is 99.4 Å². The molecule has 2 aliphatic rings. The predicted molar refractivity (Wildman–Crippen MR) is 67.3 cm³/mol. The molecular formula is C13H16BrN. The van der Waals surface area contributed by atoms with Gasteiger partial charge in [-0.1, -0.05) is 35.2 Å². The van der Waals surface area contributed by atoms with Crippen LogP contribution in [0.5, 0.6) is 0 Å². The highest BCUT2D eigenvalue weighted by atomic mass is 79.9. The first-order valence-electron chi connectivity index (χ1n) is 5.86. The van der Waals surface area contributed by atoms with E-state index in [4.69, 9.17) is 0 Å². The quantitative estimate of drug-likeness (QED) is 0.848. The molecule has 0 saturated heterocycles. The zero-order valence-corrected chi connectivity index (χ0v) is 10.4. The fraction of sp³-hybridized carbons (Fsp3) is 0.538. The van der Waals surface area contributed by atoms with E-state index in [-0.39, 0.29) is 0 Å². The highest BCUT2D eigenvalue weighted by molar-refractivity contribution is 9.10. The Morgan fingerprint density at radius 1 is 1.33 bits per heavy atom. The molecule has 1 nitrogen and oxygen atoms in total. The van der Waals surface area contributed by atoms with Crippen LogP contribution in [0.2, 0.25) is 0 Å². The Kier molecular flexibility index (Phi) is 2.47. The summed E-state index contributed by atoms with van der Waals surface area (Å²) in [7, 11) is 0. The lowest BCUT2D eigenvalue weighted by atomic mass is 9.78. The summed E-state index contributed by atoms with van der Waals surface area (Å²) < 4.78 is 1.21. The Hall–Kier alpha value is -0.500. The molecule has 1 unspecified atom stereocenters. The molecule has 1 aromatic carbocycles. The number of benzene rings is 1. The summed E-state index contributed by atoms with van der Waals surface area (Å²) in [5.41, 5.74) is 2.87. The molecule has 0 radical (unpaired) electrons. The first kappa shape index (κ1) is 9.71. The van der Waals surface area contributed by atoms with E-state index in [2.05, 4.69) is 39.4 Å². The van der Waals surface area contributed by atoms with Gasteiger partial charge in [0, 0.05) is 22.6 Å². The van der Waals surface area contributed by atoms with Gasteiger partial charge in [-0.05, 0) is 36.1 Å². The van der Waals surface area contributed by atoms with Gasteiger partial charge in [0.05, 0.1) is 0 Å². The van der Waals surface area contributed by atoms with E-state index in [0.29, 0.717) is 0 Å². The molecule has 3 rings (SSSR count). The van der Waals surface area contributed by atoms with Crippen LogP contribution in [-0.2, 0) is 0 Å². The Balaban J connectivity index is 1.80. The standard InChI is InChI=1S/C13H16BrN/c14-11-4-5-13-12(7-11)10(8-15-13)6-9-2-1-3-9/h4-5,7,9-10,15H,1-3,6,8H2. The fourth-order valence-corrected chi connectivity index (χ4v) is 3.10. The van der Waals surface area contributed by atoms with Crippen molar-refractivity contribution in [3.05, 3.63) is 28.2 Å². The molecule has 1 fully saturated rings. The molecule has 1 aliphatic carbocycles. The van der Waals surface area contributed by atoms with Gasteiger partial charge in [-0.2, -0.15) is 0 Å². The van der Waals surface area contributed by atoms with Crippen molar-refractivity contribution in [3.8, 4) is 0 Å². The average molecular weight is 266 g/mol. The largest absolute Gasteiger partial charge is 0.384 e. The maximum Gasteiger partial charge on any atom is 0.0377 e. The van der Waals surface area contributed by atoms with E-state index >= 15 is 0 Å². The molecule has 1 heterocycles. The van der Waals surface area contributed by atoms with E-state index in [1.165, 1.54) is 41.4 Å². The summed E-state index contributed by atoms with van der Waals surface area (Å²) in [6.45, 7) is 1.14. The number of hydrogen-bond donors (Lipinski definition) is 1. The van der Waals surface area contributed by atoms with Gasteiger partial charge in [-0.3, -0.25) is 0 Å². The molecule has 0 aromatic heterocycles. The molecular weight excluding hydrogens is 250 g/mol. The van der Waals surface area contributed by atoms with Crippen LogP contribution in [0.1, 0.15) is 37.2 Å². The normalized spacial score (nSPS) is 24.5.